The van der Waals surface area contributed by atoms with Crippen LogP contribution in [0.1, 0.15) is 30.9 Å². The summed E-state index contributed by atoms with van der Waals surface area (Å²) in [5.74, 6) is -0.891. The molecule has 0 aliphatic carbocycles. The van der Waals surface area contributed by atoms with Crippen molar-refractivity contribution < 1.29 is 14.7 Å². The number of nitrogens with zero attached hydrogens (tertiary/aromatic N) is 2. The molecule has 0 bridgehead atoms. The number of carboxylic acids is 1. The molecule has 1 aromatic rings. The minimum Gasteiger partial charge on any atom is -0.480 e. The van der Waals surface area contributed by atoms with Crippen LogP contribution in [0, 0.1) is 5.92 Å². The van der Waals surface area contributed by atoms with E-state index in [0.717, 1.165) is 24.0 Å². The van der Waals surface area contributed by atoms with E-state index < -0.39 is 12.0 Å². The third-order valence-corrected chi connectivity index (χ3v) is 4.54. The van der Waals surface area contributed by atoms with Gasteiger partial charge in [0.15, 0.2) is 0 Å². The van der Waals surface area contributed by atoms with Crippen molar-refractivity contribution in [2.24, 2.45) is 5.92 Å². The molecule has 3 rings (SSSR count). The molecule has 1 fully saturated rings. The van der Waals surface area contributed by atoms with Crippen molar-refractivity contribution in [1.82, 2.24) is 9.80 Å². The van der Waals surface area contributed by atoms with Gasteiger partial charge in [-0.1, -0.05) is 31.2 Å². The first-order valence-electron chi connectivity index (χ1n) is 7.43. The smallest absolute Gasteiger partial charge is 0.326 e. The largest absolute Gasteiger partial charge is 0.480 e. The van der Waals surface area contributed by atoms with Crippen LogP contribution in [0.4, 0.5) is 4.79 Å². The number of carboxylic acid groups (broad SMARTS) is 1. The van der Waals surface area contributed by atoms with Gasteiger partial charge >= 0.3 is 12.0 Å². The van der Waals surface area contributed by atoms with Gasteiger partial charge in [0.05, 0.1) is 0 Å². The minimum atomic E-state index is -0.896. The first-order chi connectivity index (χ1) is 10.1. The fourth-order valence-electron chi connectivity index (χ4n) is 3.43. The molecular weight excluding hydrogens is 268 g/mol. The molecule has 0 radical (unpaired) electrons. The van der Waals surface area contributed by atoms with Gasteiger partial charge in [-0.3, -0.25) is 0 Å². The van der Waals surface area contributed by atoms with Gasteiger partial charge in [-0.25, -0.2) is 9.59 Å². The summed E-state index contributed by atoms with van der Waals surface area (Å²) >= 11 is 0. The first-order valence-corrected chi connectivity index (χ1v) is 7.43. The predicted octanol–water partition coefficient (Wildman–Crippen LogP) is 2.31. The maximum Gasteiger partial charge on any atom is 0.326 e. The van der Waals surface area contributed by atoms with Crippen molar-refractivity contribution in [2.75, 3.05) is 6.54 Å². The van der Waals surface area contributed by atoms with E-state index in [4.69, 9.17) is 0 Å². The third-order valence-electron chi connectivity index (χ3n) is 4.54. The van der Waals surface area contributed by atoms with Gasteiger partial charge in [-0.15, -0.1) is 0 Å². The molecule has 2 atom stereocenters. The molecule has 2 heterocycles. The average Bonchev–Trinajstić information content (AvgIpc) is 2.89. The fraction of sp³-hybridized carbons (Fsp3) is 0.500. The summed E-state index contributed by atoms with van der Waals surface area (Å²) in [5, 5.41) is 9.43. The van der Waals surface area contributed by atoms with E-state index in [1.807, 2.05) is 31.2 Å². The molecule has 2 amide bonds. The monoisotopic (exact) mass is 288 g/mol. The molecule has 0 aromatic heterocycles. The summed E-state index contributed by atoms with van der Waals surface area (Å²) in [5.41, 5.74) is 2.31. The maximum atomic E-state index is 12.7. The Balaban J connectivity index is 1.78. The Bertz CT molecular complexity index is 547. The van der Waals surface area contributed by atoms with Crippen LogP contribution in [0.25, 0.3) is 0 Å². The summed E-state index contributed by atoms with van der Waals surface area (Å²) in [6.07, 6.45) is 1.73. The van der Waals surface area contributed by atoms with Gasteiger partial charge in [0.1, 0.15) is 6.04 Å². The summed E-state index contributed by atoms with van der Waals surface area (Å²) in [7, 11) is 0. The second kappa shape index (κ2) is 5.39. The van der Waals surface area contributed by atoms with Gasteiger partial charge in [-0.2, -0.15) is 0 Å². The summed E-state index contributed by atoms with van der Waals surface area (Å²) in [6.45, 7) is 3.60. The van der Waals surface area contributed by atoms with Crippen molar-refractivity contribution in [3.63, 3.8) is 0 Å². The molecule has 0 saturated carbocycles. The van der Waals surface area contributed by atoms with Crippen LogP contribution < -0.4 is 0 Å². The lowest BCUT2D eigenvalue weighted by atomic mass is 9.91. The number of amides is 2. The van der Waals surface area contributed by atoms with E-state index >= 15 is 0 Å². The predicted molar refractivity (Wildman–Crippen MR) is 77.6 cm³/mol. The van der Waals surface area contributed by atoms with Gasteiger partial charge in [0.2, 0.25) is 0 Å². The lowest BCUT2D eigenvalue weighted by Crippen LogP contribution is -2.55. The van der Waals surface area contributed by atoms with E-state index in [0.29, 0.717) is 19.6 Å². The molecule has 1 saturated heterocycles. The topological polar surface area (TPSA) is 60.9 Å². The Kier molecular flexibility index (Phi) is 3.57. The standard InChI is InChI=1S/C16H20N2O3/c1-11-5-4-8-18(14(11)15(19)20)16(21)17-9-12-6-2-3-7-13(12)10-17/h2-3,6-7,11,14H,4-5,8-10H2,1H3,(H,19,20). The highest BCUT2D eigenvalue weighted by Gasteiger charge is 2.39. The van der Waals surface area contributed by atoms with Gasteiger partial charge in [0.25, 0.3) is 0 Å². The molecule has 112 valence electrons. The number of aliphatic carboxylic acids is 1. The summed E-state index contributed by atoms with van der Waals surface area (Å²) in [4.78, 5) is 27.5. The van der Waals surface area contributed by atoms with E-state index in [2.05, 4.69) is 0 Å². The van der Waals surface area contributed by atoms with Crippen molar-refractivity contribution in [1.29, 1.82) is 0 Å². The SMILES string of the molecule is CC1CCCN(C(=O)N2Cc3ccccc3C2)C1C(=O)O. The Hall–Kier alpha value is -2.04. The number of hydrogen-bond acceptors (Lipinski definition) is 2. The Morgan fingerprint density at radius 1 is 1.19 bits per heavy atom. The van der Waals surface area contributed by atoms with E-state index in [1.54, 1.807) is 9.80 Å². The van der Waals surface area contributed by atoms with Crippen LogP contribution in [0.5, 0.6) is 0 Å². The van der Waals surface area contributed by atoms with Crippen molar-refractivity contribution >= 4 is 12.0 Å². The third kappa shape index (κ3) is 2.48. The number of fused-ring (bicyclic) bond motifs is 1. The lowest BCUT2D eigenvalue weighted by Gasteiger charge is -2.39. The molecule has 2 aliphatic heterocycles. The molecule has 2 aliphatic rings. The molecule has 0 spiro atoms. The van der Waals surface area contributed by atoms with E-state index in [1.165, 1.54) is 0 Å². The van der Waals surface area contributed by atoms with Crippen molar-refractivity contribution in [2.45, 2.75) is 38.9 Å². The number of carbonyl (C=O) groups is 2. The molecule has 5 nitrogen and oxygen atoms in total. The molecule has 1 aromatic carbocycles. The highest BCUT2D eigenvalue weighted by molar-refractivity contribution is 5.83. The fourth-order valence-corrected chi connectivity index (χ4v) is 3.43. The van der Waals surface area contributed by atoms with Gasteiger partial charge in [-0.05, 0) is 29.9 Å². The van der Waals surface area contributed by atoms with Crippen LogP contribution in [0.2, 0.25) is 0 Å². The van der Waals surface area contributed by atoms with E-state index in [9.17, 15) is 14.7 Å². The lowest BCUT2D eigenvalue weighted by molar-refractivity contribution is -0.145. The van der Waals surface area contributed by atoms with Gasteiger partial charge < -0.3 is 14.9 Å². The van der Waals surface area contributed by atoms with Crippen LogP contribution in [0.3, 0.4) is 0 Å². The summed E-state index contributed by atoms with van der Waals surface area (Å²) in [6, 6.07) is 7.14. The number of carbonyl (C=O) groups excluding carboxylic acids is 1. The average molecular weight is 288 g/mol. The van der Waals surface area contributed by atoms with E-state index in [-0.39, 0.29) is 11.9 Å². The number of hydrogen-bond donors (Lipinski definition) is 1. The number of benzene rings is 1. The normalized spacial score (nSPS) is 24.8. The summed E-state index contributed by atoms with van der Waals surface area (Å²) < 4.78 is 0. The molecule has 2 unspecified atom stereocenters. The van der Waals surface area contributed by atoms with Crippen LogP contribution in [-0.4, -0.2) is 39.5 Å². The first kappa shape index (κ1) is 13.9. The number of urea groups is 1. The minimum absolute atomic E-state index is 0.00479. The number of piperidine rings is 1. The Labute approximate surface area is 124 Å². The number of rotatable bonds is 1. The zero-order valence-corrected chi connectivity index (χ0v) is 12.2. The molecule has 5 heteroatoms. The van der Waals surface area contributed by atoms with Crippen LogP contribution in [0.15, 0.2) is 24.3 Å². The second-order valence-corrected chi connectivity index (χ2v) is 6.00. The van der Waals surface area contributed by atoms with Gasteiger partial charge in [0, 0.05) is 19.6 Å². The van der Waals surface area contributed by atoms with Crippen molar-refractivity contribution in [3.05, 3.63) is 35.4 Å². The number of likely N-dealkylation sites (tertiary alicyclic amines) is 1. The Morgan fingerprint density at radius 3 is 2.38 bits per heavy atom. The van der Waals surface area contributed by atoms with Crippen LogP contribution in [-0.2, 0) is 17.9 Å². The van der Waals surface area contributed by atoms with Crippen molar-refractivity contribution in [3.8, 4) is 0 Å². The molecule has 21 heavy (non-hydrogen) atoms. The van der Waals surface area contributed by atoms with Crippen LogP contribution >= 0.6 is 0 Å². The quantitative estimate of drug-likeness (QED) is 0.862. The zero-order chi connectivity index (χ0) is 15.0. The maximum absolute atomic E-state index is 12.7. The molecular formula is C16H20N2O3. The Morgan fingerprint density at radius 2 is 1.81 bits per heavy atom. The zero-order valence-electron chi connectivity index (χ0n) is 12.2. The highest BCUT2D eigenvalue weighted by Crippen LogP contribution is 2.28. The molecule has 1 N–H and O–H groups in total. The highest BCUT2D eigenvalue weighted by atomic mass is 16.4. The second-order valence-electron chi connectivity index (χ2n) is 6.00.